The molecule has 0 saturated heterocycles. The fourth-order valence-electron chi connectivity index (χ4n) is 3.31. The zero-order valence-corrected chi connectivity index (χ0v) is 16.6. The highest BCUT2D eigenvalue weighted by Gasteiger charge is 2.39. The molecule has 1 aromatic carbocycles. The van der Waals surface area contributed by atoms with Crippen molar-refractivity contribution in [3.63, 3.8) is 0 Å². The summed E-state index contributed by atoms with van der Waals surface area (Å²) >= 11 is 5.93. The van der Waals surface area contributed by atoms with Gasteiger partial charge in [0.25, 0.3) is 0 Å². The number of rotatable bonds is 3. The summed E-state index contributed by atoms with van der Waals surface area (Å²) in [6.45, 7) is 10.0. The van der Waals surface area contributed by atoms with Gasteiger partial charge in [-0.05, 0) is 50.5 Å². The predicted molar refractivity (Wildman–Crippen MR) is 103 cm³/mol. The number of fused-ring (bicyclic) bond motifs is 1. The van der Waals surface area contributed by atoms with Gasteiger partial charge in [0.2, 0.25) is 5.88 Å². The molecular formula is C21H24ClNO3. The molecule has 0 fully saturated rings. The van der Waals surface area contributed by atoms with E-state index in [2.05, 4.69) is 5.32 Å². The minimum Gasteiger partial charge on any atom is -0.444 e. The maximum atomic E-state index is 13.2. The van der Waals surface area contributed by atoms with Crippen LogP contribution in [0.2, 0.25) is 5.02 Å². The Morgan fingerprint density at radius 3 is 2.35 bits per heavy atom. The molecule has 0 saturated carbocycles. The van der Waals surface area contributed by atoms with E-state index >= 15 is 0 Å². The first-order chi connectivity index (χ1) is 12.0. The Kier molecular flexibility index (Phi) is 4.51. The number of carbonyl (C=O) groups excluding carboxylic acids is 2. The van der Waals surface area contributed by atoms with Crippen LogP contribution in [0, 0.1) is 5.41 Å². The van der Waals surface area contributed by atoms with E-state index in [9.17, 15) is 9.59 Å². The van der Waals surface area contributed by atoms with Crippen LogP contribution >= 0.6 is 11.6 Å². The van der Waals surface area contributed by atoms with Gasteiger partial charge in [-0.1, -0.05) is 25.4 Å². The fraction of sp³-hybridized carbons (Fsp3) is 0.429. The van der Waals surface area contributed by atoms with Crippen LogP contribution in [-0.2, 0) is 6.42 Å². The number of anilines is 1. The molecule has 0 spiro atoms. The maximum absolute atomic E-state index is 13.2. The monoisotopic (exact) mass is 373 g/mol. The van der Waals surface area contributed by atoms with Gasteiger partial charge in [-0.25, -0.2) is 0 Å². The smallest absolute Gasteiger partial charge is 0.205 e. The van der Waals surface area contributed by atoms with Crippen molar-refractivity contribution in [3.05, 3.63) is 51.7 Å². The second kappa shape index (κ2) is 6.27. The van der Waals surface area contributed by atoms with Gasteiger partial charge in [0, 0.05) is 29.0 Å². The molecular weight excluding hydrogens is 350 g/mol. The van der Waals surface area contributed by atoms with E-state index in [0.29, 0.717) is 46.2 Å². The second-order valence-electron chi connectivity index (χ2n) is 8.76. The predicted octanol–water partition coefficient (Wildman–Crippen LogP) is 5.53. The van der Waals surface area contributed by atoms with Crippen LogP contribution in [0.3, 0.4) is 0 Å². The van der Waals surface area contributed by atoms with Gasteiger partial charge in [0.1, 0.15) is 5.76 Å². The molecule has 5 heteroatoms. The van der Waals surface area contributed by atoms with Crippen molar-refractivity contribution >= 4 is 29.1 Å². The Bertz CT molecular complexity index is 870. The number of ketones is 2. The third kappa shape index (κ3) is 3.70. The molecule has 0 atom stereocenters. The highest BCUT2D eigenvalue weighted by Crippen LogP contribution is 2.41. The summed E-state index contributed by atoms with van der Waals surface area (Å²) in [5.41, 5.74) is 0.747. The van der Waals surface area contributed by atoms with Crippen molar-refractivity contribution in [2.45, 2.75) is 53.0 Å². The van der Waals surface area contributed by atoms with Crippen LogP contribution in [0.1, 0.15) is 73.1 Å². The van der Waals surface area contributed by atoms with Gasteiger partial charge in [0.15, 0.2) is 11.6 Å². The molecule has 0 unspecified atom stereocenters. The first-order valence-corrected chi connectivity index (χ1v) is 9.12. The van der Waals surface area contributed by atoms with Gasteiger partial charge in [-0.3, -0.25) is 9.59 Å². The molecule has 0 radical (unpaired) electrons. The number of Topliss-reactive ketones (excluding diaryl/α,β-unsaturated/α-hetero) is 1. The Morgan fingerprint density at radius 1 is 1.15 bits per heavy atom. The van der Waals surface area contributed by atoms with Gasteiger partial charge in [-0.15, -0.1) is 0 Å². The maximum Gasteiger partial charge on any atom is 0.205 e. The topological polar surface area (TPSA) is 59.3 Å². The Hall–Kier alpha value is -2.07. The lowest BCUT2D eigenvalue weighted by Gasteiger charge is -2.27. The standard InChI is InChI=1S/C21H24ClNO3/c1-20(2,3)23-19-17(18(25)12-6-8-13(22)9-7-12)16-14(24)10-21(4,5)11-15(16)26-19/h6-9,23H,10-11H2,1-5H3. The molecule has 0 bridgehead atoms. The van der Waals surface area contributed by atoms with Crippen molar-refractivity contribution < 1.29 is 14.0 Å². The van der Waals surface area contributed by atoms with E-state index in [1.54, 1.807) is 24.3 Å². The third-order valence-corrected chi connectivity index (χ3v) is 4.61. The minimum absolute atomic E-state index is 0.0423. The molecule has 1 aliphatic carbocycles. The quantitative estimate of drug-likeness (QED) is 0.718. The van der Waals surface area contributed by atoms with Crippen LogP contribution in [0.5, 0.6) is 0 Å². The van der Waals surface area contributed by atoms with E-state index in [-0.39, 0.29) is 22.5 Å². The summed E-state index contributed by atoms with van der Waals surface area (Å²) in [6, 6.07) is 6.68. The summed E-state index contributed by atoms with van der Waals surface area (Å²) in [5.74, 6) is 0.689. The Labute approximate surface area is 158 Å². The molecule has 138 valence electrons. The van der Waals surface area contributed by atoms with Crippen LogP contribution in [-0.4, -0.2) is 17.1 Å². The average molecular weight is 374 g/mol. The third-order valence-electron chi connectivity index (χ3n) is 4.36. The van der Waals surface area contributed by atoms with Gasteiger partial charge in [-0.2, -0.15) is 0 Å². The van der Waals surface area contributed by atoms with Crippen molar-refractivity contribution in [2.24, 2.45) is 5.41 Å². The molecule has 1 aromatic heterocycles. The minimum atomic E-state index is -0.311. The summed E-state index contributed by atoms with van der Waals surface area (Å²) in [6.07, 6.45) is 1.02. The number of hydrogen-bond acceptors (Lipinski definition) is 4. The lowest BCUT2D eigenvalue weighted by molar-refractivity contribution is 0.0896. The summed E-state index contributed by atoms with van der Waals surface area (Å²) in [7, 11) is 0. The van der Waals surface area contributed by atoms with Crippen LogP contribution in [0.15, 0.2) is 28.7 Å². The molecule has 3 rings (SSSR count). The Balaban J connectivity index is 2.16. The molecule has 1 N–H and O–H groups in total. The van der Waals surface area contributed by atoms with Gasteiger partial charge < -0.3 is 9.73 Å². The molecule has 1 aliphatic rings. The molecule has 4 nitrogen and oxygen atoms in total. The van der Waals surface area contributed by atoms with Crippen LogP contribution < -0.4 is 5.32 Å². The zero-order valence-electron chi connectivity index (χ0n) is 15.8. The van der Waals surface area contributed by atoms with E-state index in [1.807, 2.05) is 34.6 Å². The number of halogens is 1. The zero-order chi connectivity index (χ0) is 19.3. The van der Waals surface area contributed by atoms with Crippen molar-refractivity contribution in [1.82, 2.24) is 0 Å². The molecule has 2 aromatic rings. The van der Waals surface area contributed by atoms with Gasteiger partial charge in [0.05, 0.1) is 11.1 Å². The lowest BCUT2D eigenvalue weighted by Crippen LogP contribution is -2.28. The van der Waals surface area contributed by atoms with Crippen LogP contribution in [0.25, 0.3) is 0 Å². The van der Waals surface area contributed by atoms with E-state index < -0.39 is 0 Å². The lowest BCUT2D eigenvalue weighted by atomic mass is 9.75. The largest absolute Gasteiger partial charge is 0.444 e. The van der Waals surface area contributed by atoms with Crippen molar-refractivity contribution in [2.75, 3.05) is 5.32 Å². The second-order valence-corrected chi connectivity index (χ2v) is 9.19. The summed E-state index contributed by atoms with van der Waals surface area (Å²) in [4.78, 5) is 26.0. The first kappa shape index (κ1) is 18.7. The molecule has 0 aliphatic heterocycles. The number of furan rings is 1. The van der Waals surface area contributed by atoms with Crippen molar-refractivity contribution in [1.29, 1.82) is 0 Å². The average Bonchev–Trinajstić information content (AvgIpc) is 2.81. The number of hydrogen-bond donors (Lipinski definition) is 1. The molecule has 1 heterocycles. The molecule has 0 amide bonds. The number of carbonyl (C=O) groups is 2. The normalized spacial score (nSPS) is 16.3. The van der Waals surface area contributed by atoms with E-state index in [0.717, 1.165) is 0 Å². The van der Waals surface area contributed by atoms with E-state index in [1.165, 1.54) is 0 Å². The highest BCUT2D eigenvalue weighted by molar-refractivity contribution is 6.30. The highest BCUT2D eigenvalue weighted by atomic mass is 35.5. The van der Waals surface area contributed by atoms with Gasteiger partial charge >= 0.3 is 0 Å². The molecule has 26 heavy (non-hydrogen) atoms. The van der Waals surface area contributed by atoms with Crippen LogP contribution in [0.4, 0.5) is 5.88 Å². The summed E-state index contributed by atoms with van der Waals surface area (Å²) in [5, 5.41) is 3.81. The number of benzene rings is 1. The number of nitrogens with one attached hydrogen (secondary N) is 1. The summed E-state index contributed by atoms with van der Waals surface area (Å²) < 4.78 is 6.01. The van der Waals surface area contributed by atoms with Crippen molar-refractivity contribution in [3.8, 4) is 0 Å². The fourth-order valence-corrected chi connectivity index (χ4v) is 3.43. The Morgan fingerprint density at radius 2 is 1.77 bits per heavy atom. The first-order valence-electron chi connectivity index (χ1n) is 8.74. The van der Waals surface area contributed by atoms with E-state index in [4.69, 9.17) is 16.0 Å². The SMILES string of the molecule is CC1(C)CC(=O)c2c(oc(NC(C)(C)C)c2C(=O)c2ccc(Cl)cc2)C1.